The Hall–Kier alpha value is -1.21. The third-order valence-corrected chi connectivity index (χ3v) is 1.67. The van der Waals surface area contributed by atoms with Gasteiger partial charge in [-0.3, -0.25) is 0 Å². The van der Waals surface area contributed by atoms with Gasteiger partial charge in [0, 0.05) is 0 Å². The van der Waals surface area contributed by atoms with Crippen molar-refractivity contribution < 1.29 is 32.1 Å². The first-order valence-corrected chi connectivity index (χ1v) is 3.76. The summed E-state index contributed by atoms with van der Waals surface area (Å²) in [6, 6.07) is 1.78. The van der Waals surface area contributed by atoms with Crippen molar-refractivity contribution in [2.24, 2.45) is 0 Å². The largest absolute Gasteiger partial charge is 0.497 e. The maximum absolute atomic E-state index is 12.5. The molecule has 0 heterocycles. The monoisotopic (exact) mass is 223 g/mol. The summed E-state index contributed by atoms with van der Waals surface area (Å²) in [4.78, 5) is 0. The topological polar surface area (TPSA) is 49.7 Å². The van der Waals surface area contributed by atoms with Crippen LogP contribution in [0.4, 0.5) is 13.2 Å². The van der Waals surface area contributed by atoms with Gasteiger partial charge in [-0.05, 0) is 23.7 Å². The van der Waals surface area contributed by atoms with E-state index in [1.54, 1.807) is 0 Å². The Balaban J connectivity index is 3.23. The highest BCUT2D eigenvalue weighted by Crippen LogP contribution is 2.30. The molecule has 0 saturated heterocycles. The number of alkyl halides is 3. The van der Waals surface area contributed by atoms with E-state index in [1.807, 2.05) is 0 Å². The summed E-state index contributed by atoms with van der Waals surface area (Å²) in [5, 5.41) is 17.7. The van der Waals surface area contributed by atoms with E-state index < -0.39 is 37.1 Å². The van der Waals surface area contributed by atoms with Crippen molar-refractivity contribution in [3.05, 3.63) is 23.8 Å². The number of ether oxygens (including phenoxy) is 1. The molecule has 1 aromatic carbocycles. The van der Waals surface area contributed by atoms with Crippen LogP contribution in [0.2, 0.25) is 0 Å². The Morgan fingerprint density at radius 1 is 1.33 bits per heavy atom. The zero-order chi connectivity index (χ0) is 14.1. The average Bonchev–Trinajstić information content (AvgIpc) is 2.12. The van der Waals surface area contributed by atoms with E-state index in [4.69, 9.17) is 14.2 Å². The molecule has 82 valence electrons. The van der Waals surface area contributed by atoms with E-state index in [0.717, 1.165) is 6.07 Å². The number of rotatable bonds is 2. The van der Waals surface area contributed by atoms with Gasteiger partial charge in [-0.15, -0.1) is 0 Å². The van der Waals surface area contributed by atoms with Crippen LogP contribution in [0.3, 0.4) is 0 Å². The van der Waals surface area contributed by atoms with Crippen LogP contribution >= 0.6 is 0 Å². The lowest BCUT2D eigenvalue weighted by Crippen LogP contribution is -2.31. The van der Waals surface area contributed by atoms with Crippen LogP contribution in [-0.2, 0) is 6.18 Å². The Bertz CT molecular complexity index is 434. The van der Waals surface area contributed by atoms with Gasteiger partial charge in [0.15, 0.2) is 0 Å². The summed E-state index contributed by atoms with van der Waals surface area (Å²) in [6.07, 6.45) is -4.75. The molecule has 0 fully saturated rings. The number of hydrogen-bond acceptors (Lipinski definition) is 3. The molecule has 0 aliphatic heterocycles. The van der Waals surface area contributed by atoms with Crippen LogP contribution in [0, 0.1) is 0 Å². The van der Waals surface area contributed by atoms with Crippen molar-refractivity contribution in [2.45, 2.75) is 6.18 Å². The molecule has 3 nitrogen and oxygen atoms in total. The minimum atomic E-state index is -4.75. The minimum absolute atomic E-state index is 0.470. The summed E-state index contributed by atoms with van der Waals surface area (Å²) in [7, 11) is -5.09. The van der Waals surface area contributed by atoms with Gasteiger partial charge in [-0.2, -0.15) is 13.2 Å². The molecule has 0 spiro atoms. The molecule has 0 aliphatic rings. The molecule has 0 aliphatic carbocycles. The van der Waals surface area contributed by atoms with E-state index in [1.165, 1.54) is 0 Å². The van der Waals surface area contributed by atoms with Crippen LogP contribution in [0.15, 0.2) is 18.2 Å². The normalized spacial score (nSPS) is 15.1. The number of methoxy groups -OCH3 is 1. The first kappa shape index (κ1) is 8.01. The Labute approximate surface area is 88.5 Å². The molecular formula is C8H8BF3O3. The molecule has 1 aromatic rings. The van der Waals surface area contributed by atoms with Gasteiger partial charge in [-0.25, -0.2) is 0 Å². The summed E-state index contributed by atoms with van der Waals surface area (Å²) < 4.78 is 62.1. The average molecular weight is 223 g/mol. The van der Waals surface area contributed by atoms with Gasteiger partial charge in [0.05, 0.1) is 16.7 Å². The first-order chi connectivity index (χ1) is 7.99. The minimum Gasteiger partial charge on any atom is -0.497 e. The van der Waals surface area contributed by atoms with E-state index >= 15 is 0 Å². The van der Waals surface area contributed by atoms with E-state index in [-0.39, 0.29) is 0 Å². The molecule has 2 N–H and O–H groups in total. The zero-order valence-corrected chi connectivity index (χ0v) is 7.25. The van der Waals surface area contributed by atoms with Crippen molar-refractivity contribution >= 4 is 12.6 Å². The lowest BCUT2D eigenvalue weighted by atomic mass is 9.79. The van der Waals surface area contributed by atoms with Crippen LogP contribution in [-0.4, -0.2) is 24.2 Å². The van der Waals surface area contributed by atoms with Gasteiger partial charge in [-0.1, -0.05) is 0 Å². The highest BCUT2D eigenvalue weighted by molar-refractivity contribution is 6.58. The highest BCUT2D eigenvalue weighted by Gasteiger charge is 2.32. The van der Waals surface area contributed by atoms with Crippen LogP contribution in [0.25, 0.3) is 0 Å². The van der Waals surface area contributed by atoms with Gasteiger partial charge < -0.3 is 14.8 Å². The van der Waals surface area contributed by atoms with Crippen LogP contribution in [0.1, 0.15) is 9.68 Å². The first-order valence-electron chi connectivity index (χ1n) is 5.26. The summed E-state index contributed by atoms with van der Waals surface area (Å²) in [5.41, 5.74) is -1.74. The predicted octanol–water partition coefficient (Wildman–Crippen LogP) is 0.394. The van der Waals surface area contributed by atoms with Crippen molar-refractivity contribution in [3.8, 4) is 5.75 Å². The van der Waals surface area contributed by atoms with E-state index in [2.05, 4.69) is 4.74 Å². The maximum atomic E-state index is 12.5. The summed E-state index contributed by atoms with van der Waals surface area (Å²) >= 11 is 0. The smallest absolute Gasteiger partial charge is 0.488 e. The second-order valence-electron chi connectivity index (χ2n) is 2.76. The lowest BCUT2D eigenvalue weighted by Gasteiger charge is -2.11. The maximum Gasteiger partial charge on any atom is 0.488 e. The Morgan fingerprint density at radius 2 is 2.00 bits per heavy atom. The quantitative estimate of drug-likeness (QED) is 0.713. The van der Waals surface area contributed by atoms with Crippen LogP contribution < -0.4 is 10.2 Å². The number of hydrogen-bond donors (Lipinski definition) is 2. The summed E-state index contributed by atoms with van der Waals surface area (Å²) in [6.45, 7) is 0. The molecule has 0 aromatic heterocycles. The molecule has 0 bridgehead atoms. The van der Waals surface area contributed by atoms with E-state index in [9.17, 15) is 13.2 Å². The molecule has 0 radical (unpaired) electrons. The second-order valence-corrected chi connectivity index (χ2v) is 2.76. The third kappa shape index (κ3) is 2.87. The van der Waals surface area contributed by atoms with E-state index in [0.29, 0.717) is 12.1 Å². The Kier molecular flexibility index (Phi) is 2.20. The van der Waals surface area contributed by atoms with Crippen LogP contribution in [0.5, 0.6) is 5.75 Å². The molecule has 0 unspecified atom stereocenters. The van der Waals surface area contributed by atoms with Crippen molar-refractivity contribution in [1.29, 1.82) is 0 Å². The van der Waals surface area contributed by atoms with Crippen molar-refractivity contribution in [3.63, 3.8) is 0 Å². The van der Waals surface area contributed by atoms with Crippen molar-refractivity contribution in [1.82, 2.24) is 0 Å². The fraction of sp³-hybridized carbons (Fsp3) is 0.250. The molecule has 0 amide bonds. The zero-order valence-electron chi connectivity index (χ0n) is 10.2. The second kappa shape index (κ2) is 4.12. The fourth-order valence-corrected chi connectivity index (χ4v) is 0.994. The molecule has 1 rings (SSSR count). The highest BCUT2D eigenvalue weighted by atomic mass is 19.4. The standard InChI is InChI=1S/C8H8BF3O3/c1-15-7-3-5(8(10,11)12)2-6(4-7)9(13)14/h2-4,13-14H,1H3/i1D3. The van der Waals surface area contributed by atoms with Crippen molar-refractivity contribution in [2.75, 3.05) is 7.04 Å². The SMILES string of the molecule is [2H]C([2H])([2H])Oc1cc(B(O)O)cc(C(F)(F)F)c1. The number of halogens is 3. The van der Waals surface area contributed by atoms with Gasteiger partial charge in [0.25, 0.3) is 0 Å². The molecule has 0 atom stereocenters. The van der Waals surface area contributed by atoms with Gasteiger partial charge in [0.1, 0.15) is 5.75 Å². The summed E-state index contributed by atoms with van der Waals surface area (Å²) in [5.74, 6) is -0.618. The van der Waals surface area contributed by atoms with Gasteiger partial charge >= 0.3 is 13.3 Å². The molecule has 0 saturated carbocycles. The molecular weight excluding hydrogens is 212 g/mol. The lowest BCUT2D eigenvalue weighted by molar-refractivity contribution is -0.137. The molecule has 15 heavy (non-hydrogen) atoms. The predicted molar refractivity (Wildman–Crippen MR) is 47.8 cm³/mol. The Morgan fingerprint density at radius 3 is 2.47 bits per heavy atom. The third-order valence-electron chi connectivity index (χ3n) is 1.67. The van der Waals surface area contributed by atoms with Gasteiger partial charge in [0.2, 0.25) is 0 Å². The number of benzene rings is 1. The fourth-order valence-electron chi connectivity index (χ4n) is 0.994. The molecule has 7 heteroatoms.